The number of carbonyl (C=O) groups excluding carboxylic acids is 1. The summed E-state index contributed by atoms with van der Waals surface area (Å²) in [6.45, 7) is 4.16. The maximum absolute atomic E-state index is 13.1. The average Bonchev–Trinajstić information content (AvgIpc) is 3.62. The molecule has 0 aromatic heterocycles. The third kappa shape index (κ3) is 4.70. The fraction of sp³-hybridized carbons (Fsp3) is 0.296. The molecule has 1 aliphatic heterocycles. The second kappa shape index (κ2) is 8.64. The van der Waals surface area contributed by atoms with Crippen LogP contribution in [0.15, 0.2) is 66.7 Å². The van der Waals surface area contributed by atoms with Crippen LogP contribution in [-0.2, 0) is 13.0 Å². The molecule has 1 N–H and O–H groups in total. The minimum atomic E-state index is -0.249. The van der Waals surface area contributed by atoms with Crippen molar-refractivity contribution in [2.75, 3.05) is 19.6 Å². The van der Waals surface area contributed by atoms with E-state index in [0.717, 1.165) is 30.5 Å². The average molecular weight is 415 g/mol. The van der Waals surface area contributed by atoms with Gasteiger partial charge in [0.25, 0.3) is 5.91 Å². The normalized spacial score (nSPS) is 17.8. The largest absolute Gasteiger partial charge is 0.351 e. The van der Waals surface area contributed by atoms with Gasteiger partial charge in [0, 0.05) is 37.7 Å². The van der Waals surface area contributed by atoms with E-state index in [0.29, 0.717) is 18.0 Å². The number of nitrogens with one attached hydrogen (secondary N) is 1. The third-order valence-corrected chi connectivity index (χ3v) is 6.43. The zero-order valence-corrected chi connectivity index (χ0v) is 17.6. The molecule has 158 valence electrons. The van der Waals surface area contributed by atoms with Crippen molar-refractivity contribution >= 4 is 5.91 Å². The first-order valence-corrected chi connectivity index (χ1v) is 11.1. The number of rotatable bonds is 6. The van der Waals surface area contributed by atoms with Gasteiger partial charge < -0.3 is 5.32 Å². The molecule has 3 aromatic carbocycles. The van der Waals surface area contributed by atoms with Gasteiger partial charge in [-0.05, 0) is 71.3 Å². The van der Waals surface area contributed by atoms with Crippen LogP contribution >= 0.6 is 0 Å². The first-order chi connectivity index (χ1) is 15.2. The van der Waals surface area contributed by atoms with Crippen LogP contribution < -0.4 is 5.32 Å². The molecule has 0 bridgehead atoms. The molecule has 1 atom stereocenters. The van der Waals surface area contributed by atoms with Crippen molar-refractivity contribution in [2.24, 2.45) is 0 Å². The van der Waals surface area contributed by atoms with Gasteiger partial charge in [0.05, 0.1) is 0 Å². The number of aryl methyl sites for hydroxylation is 1. The fourth-order valence-electron chi connectivity index (χ4n) is 4.54. The molecule has 1 saturated heterocycles. The number of benzene rings is 3. The van der Waals surface area contributed by atoms with Gasteiger partial charge in [-0.2, -0.15) is 0 Å². The second-order valence-electron chi connectivity index (χ2n) is 8.69. The number of hydrogen-bond donors (Lipinski definition) is 1. The number of amides is 1. The van der Waals surface area contributed by atoms with E-state index in [1.54, 1.807) is 12.1 Å². The van der Waals surface area contributed by atoms with Crippen molar-refractivity contribution < 1.29 is 9.18 Å². The van der Waals surface area contributed by atoms with Gasteiger partial charge >= 0.3 is 0 Å². The molecule has 1 aliphatic carbocycles. The molecule has 1 unspecified atom stereocenters. The summed E-state index contributed by atoms with van der Waals surface area (Å²) in [5, 5.41) is 3.14. The minimum absolute atomic E-state index is 0.0454. The van der Waals surface area contributed by atoms with Crippen LogP contribution in [0.5, 0.6) is 0 Å². The predicted octanol–water partition coefficient (Wildman–Crippen LogP) is 5.16. The Bertz CT molecular complexity index is 1070. The summed E-state index contributed by atoms with van der Waals surface area (Å²) < 4.78 is 13.1. The zero-order valence-electron chi connectivity index (χ0n) is 17.6. The van der Waals surface area contributed by atoms with Gasteiger partial charge in [0.15, 0.2) is 0 Å². The Morgan fingerprint density at radius 2 is 1.68 bits per heavy atom. The quantitative estimate of drug-likeness (QED) is 0.565. The third-order valence-electron chi connectivity index (χ3n) is 6.43. The van der Waals surface area contributed by atoms with E-state index < -0.39 is 0 Å². The fourth-order valence-corrected chi connectivity index (χ4v) is 4.54. The molecule has 0 spiro atoms. The van der Waals surface area contributed by atoms with E-state index in [4.69, 9.17) is 0 Å². The lowest BCUT2D eigenvalue weighted by molar-refractivity contribution is 0.0950. The van der Waals surface area contributed by atoms with Gasteiger partial charge in [-0.1, -0.05) is 42.5 Å². The Hall–Kier alpha value is -2.98. The summed E-state index contributed by atoms with van der Waals surface area (Å²) in [5.74, 6) is 0.0818. The van der Waals surface area contributed by atoms with Crippen molar-refractivity contribution in [3.05, 3.63) is 94.8 Å². The monoisotopic (exact) mass is 414 g/mol. The van der Waals surface area contributed by atoms with Gasteiger partial charge in [-0.3, -0.25) is 9.69 Å². The molecule has 1 heterocycles. The van der Waals surface area contributed by atoms with Crippen molar-refractivity contribution in [3.8, 4) is 11.1 Å². The topological polar surface area (TPSA) is 32.1 Å². The minimum Gasteiger partial charge on any atom is -0.351 e. The van der Waals surface area contributed by atoms with Gasteiger partial charge in [0.2, 0.25) is 0 Å². The molecule has 4 heteroatoms. The molecule has 5 rings (SSSR count). The van der Waals surface area contributed by atoms with E-state index in [9.17, 15) is 9.18 Å². The van der Waals surface area contributed by atoms with E-state index in [2.05, 4.69) is 28.4 Å². The molecule has 31 heavy (non-hydrogen) atoms. The van der Waals surface area contributed by atoms with E-state index >= 15 is 0 Å². The molecular formula is C27H27FN2O. The highest BCUT2D eigenvalue weighted by Crippen LogP contribution is 2.32. The van der Waals surface area contributed by atoms with E-state index in [-0.39, 0.29) is 11.7 Å². The van der Waals surface area contributed by atoms with E-state index in [1.165, 1.54) is 48.3 Å². The molecular weight excluding hydrogens is 387 g/mol. The second-order valence-corrected chi connectivity index (χ2v) is 8.69. The Morgan fingerprint density at radius 3 is 2.39 bits per heavy atom. The van der Waals surface area contributed by atoms with Crippen molar-refractivity contribution in [2.45, 2.75) is 31.7 Å². The Kier molecular flexibility index (Phi) is 5.56. The number of halogens is 1. The smallest absolute Gasteiger partial charge is 0.251 e. The highest BCUT2D eigenvalue weighted by atomic mass is 19.1. The molecule has 3 aromatic rings. The Balaban J connectivity index is 1.22. The molecule has 2 aliphatic rings. The standard InChI is InChI=1S/C27H27FN2O/c28-25-11-9-21(10-12-25)20-5-7-22(8-6-20)27(31)29-17-24-3-1-2-23-16-19(4-13-26(23)24)18-30-14-15-30/h4-13,16,24H,1-3,14-15,17-18H2,(H,29,31). The van der Waals surface area contributed by atoms with Crippen LogP contribution in [-0.4, -0.2) is 30.4 Å². The van der Waals surface area contributed by atoms with Crippen LogP contribution in [0.4, 0.5) is 4.39 Å². The van der Waals surface area contributed by atoms with Crippen molar-refractivity contribution in [1.82, 2.24) is 10.2 Å². The van der Waals surface area contributed by atoms with Gasteiger partial charge in [-0.25, -0.2) is 4.39 Å². The number of nitrogens with zero attached hydrogens (tertiary/aromatic N) is 1. The van der Waals surface area contributed by atoms with Gasteiger partial charge in [-0.15, -0.1) is 0 Å². The van der Waals surface area contributed by atoms with Crippen molar-refractivity contribution in [3.63, 3.8) is 0 Å². The summed E-state index contributed by atoms with van der Waals surface area (Å²) in [4.78, 5) is 15.1. The summed E-state index contributed by atoms with van der Waals surface area (Å²) in [6, 6.07) is 20.8. The Labute approximate surface area is 182 Å². The first-order valence-electron chi connectivity index (χ1n) is 11.1. The van der Waals surface area contributed by atoms with Crippen LogP contribution in [0.2, 0.25) is 0 Å². The number of fused-ring (bicyclic) bond motifs is 1. The molecule has 0 saturated carbocycles. The molecule has 3 nitrogen and oxygen atoms in total. The number of hydrogen-bond acceptors (Lipinski definition) is 2. The summed E-state index contributed by atoms with van der Waals surface area (Å²) in [5.41, 5.74) is 6.81. The van der Waals surface area contributed by atoms with Crippen LogP contribution in [0.3, 0.4) is 0 Å². The predicted molar refractivity (Wildman–Crippen MR) is 122 cm³/mol. The summed E-state index contributed by atoms with van der Waals surface area (Å²) in [6.07, 6.45) is 3.42. The Morgan fingerprint density at radius 1 is 0.968 bits per heavy atom. The lowest BCUT2D eigenvalue weighted by Gasteiger charge is -2.26. The zero-order chi connectivity index (χ0) is 21.2. The molecule has 1 amide bonds. The SMILES string of the molecule is O=C(NCC1CCCc2cc(CN3CC3)ccc21)c1ccc(-c2ccc(F)cc2)cc1. The molecule has 1 fully saturated rings. The first kappa shape index (κ1) is 20.0. The van der Waals surface area contributed by atoms with Crippen LogP contribution in [0.1, 0.15) is 45.8 Å². The van der Waals surface area contributed by atoms with Crippen LogP contribution in [0, 0.1) is 5.82 Å². The molecule has 0 radical (unpaired) electrons. The van der Waals surface area contributed by atoms with Crippen molar-refractivity contribution in [1.29, 1.82) is 0 Å². The lowest BCUT2D eigenvalue weighted by Crippen LogP contribution is -2.30. The van der Waals surface area contributed by atoms with Gasteiger partial charge in [0.1, 0.15) is 5.82 Å². The maximum Gasteiger partial charge on any atom is 0.251 e. The highest BCUT2D eigenvalue weighted by Gasteiger charge is 2.23. The summed E-state index contributed by atoms with van der Waals surface area (Å²) in [7, 11) is 0. The summed E-state index contributed by atoms with van der Waals surface area (Å²) >= 11 is 0. The van der Waals surface area contributed by atoms with Crippen LogP contribution in [0.25, 0.3) is 11.1 Å². The highest BCUT2D eigenvalue weighted by molar-refractivity contribution is 5.94. The lowest BCUT2D eigenvalue weighted by atomic mass is 9.82. The van der Waals surface area contributed by atoms with E-state index in [1.807, 2.05) is 24.3 Å². The number of carbonyl (C=O) groups is 1. The maximum atomic E-state index is 13.1.